The highest BCUT2D eigenvalue weighted by Gasteiger charge is 2.22. The minimum absolute atomic E-state index is 0.871. The van der Waals surface area contributed by atoms with Crippen molar-refractivity contribution >= 4 is 77.1 Å². The zero-order valence-corrected chi connectivity index (χ0v) is 32.2. The molecule has 0 amide bonds. The Labute approximate surface area is 340 Å². The number of furan rings is 2. The minimum atomic E-state index is 0.871. The highest BCUT2D eigenvalue weighted by atomic mass is 16.3. The third kappa shape index (κ3) is 5.30. The second-order valence-corrected chi connectivity index (χ2v) is 15.4. The predicted molar refractivity (Wildman–Crippen MR) is 246 cm³/mol. The molecule has 0 fully saturated rings. The first-order chi connectivity index (χ1) is 29.2. The van der Waals surface area contributed by atoms with E-state index in [4.69, 9.17) is 8.83 Å². The number of hydrogen-bond acceptors (Lipinski definition) is 3. The summed E-state index contributed by atoms with van der Waals surface area (Å²) in [7, 11) is 0. The lowest BCUT2D eigenvalue weighted by Crippen LogP contribution is -2.00. The van der Waals surface area contributed by atoms with Crippen LogP contribution in [-0.4, -0.2) is 4.57 Å². The summed E-state index contributed by atoms with van der Waals surface area (Å²) in [6.07, 6.45) is 0. The van der Waals surface area contributed by atoms with Crippen LogP contribution in [-0.2, 0) is 0 Å². The number of rotatable bonds is 6. The topological polar surface area (TPSA) is 43.2 Å². The molecule has 4 heteroatoms. The van der Waals surface area contributed by atoms with E-state index in [1.54, 1.807) is 0 Å². The molecule has 12 rings (SSSR count). The van der Waals surface area contributed by atoms with Gasteiger partial charge in [0.25, 0.3) is 0 Å². The lowest BCUT2D eigenvalue weighted by Gasteiger charge is -2.22. The molecular formula is C55H36N2O2. The Balaban J connectivity index is 1.12. The lowest BCUT2D eigenvalue weighted by molar-refractivity contribution is 0.668. The zero-order valence-electron chi connectivity index (χ0n) is 32.2. The molecule has 0 saturated carbocycles. The van der Waals surface area contributed by atoms with Gasteiger partial charge >= 0.3 is 0 Å². The molecule has 4 nitrogen and oxygen atoms in total. The fourth-order valence-electron chi connectivity index (χ4n) is 9.20. The van der Waals surface area contributed by atoms with E-state index < -0.39 is 0 Å². The standard InChI is InChI=1S/C55H36N2O2/c1-34-13-5-6-16-39(34)44-27-26-40(35-14-3-2-4-15-35)54(55(44)56-37-24-29-52-46(32-37)42-18-8-11-21-50(42)58-52)36-23-28-49-45(31-36)41-17-7-10-20-48(41)57(49)38-25-30-53-47(33-38)43-19-9-12-22-51(43)59-53/h2-33,56H,1H3. The van der Waals surface area contributed by atoms with Gasteiger partial charge in [-0.2, -0.15) is 0 Å². The van der Waals surface area contributed by atoms with E-state index in [0.29, 0.717) is 0 Å². The lowest BCUT2D eigenvalue weighted by atomic mass is 9.87. The highest BCUT2D eigenvalue weighted by Crippen LogP contribution is 2.47. The van der Waals surface area contributed by atoms with Gasteiger partial charge in [-0.25, -0.2) is 0 Å². The molecule has 0 aliphatic heterocycles. The van der Waals surface area contributed by atoms with Gasteiger partial charge in [0.1, 0.15) is 22.3 Å². The maximum Gasteiger partial charge on any atom is 0.135 e. The number of nitrogens with zero attached hydrogens (tertiary/aromatic N) is 1. The van der Waals surface area contributed by atoms with Crippen molar-refractivity contribution in [1.82, 2.24) is 4.57 Å². The van der Waals surface area contributed by atoms with Gasteiger partial charge < -0.3 is 18.7 Å². The molecule has 12 aromatic rings. The first kappa shape index (κ1) is 33.3. The Morgan fingerprint density at radius 3 is 1.78 bits per heavy atom. The van der Waals surface area contributed by atoms with Crippen molar-refractivity contribution in [2.45, 2.75) is 6.92 Å². The smallest absolute Gasteiger partial charge is 0.135 e. The van der Waals surface area contributed by atoms with Crippen molar-refractivity contribution in [1.29, 1.82) is 0 Å². The van der Waals surface area contributed by atoms with Crippen molar-refractivity contribution in [3.63, 3.8) is 0 Å². The summed E-state index contributed by atoms with van der Waals surface area (Å²) >= 11 is 0. The molecule has 0 aliphatic rings. The van der Waals surface area contributed by atoms with E-state index in [2.05, 4.69) is 187 Å². The van der Waals surface area contributed by atoms with Crippen molar-refractivity contribution in [3.05, 3.63) is 200 Å². The Bertz CT molecular complexity index is 3600. The number of fused-ring (bicyclic) bond motifs is 9. The fourth-order valence-corrected chi connectivity index (χ4v) is 9.20. The minimum Gasteiger partial charge on any atom is -0.456 e. The van der Waals surface area contributed by atoms with Crippen LogP contribution in [0.15, 0.2) is 203 Å². The SMILES string of the molecule is Cc1ccccc1-c1ccc(-c2ccccc2)c(-c2ccc3c(c2)c2ccccc2n3-c2ccc3oc4ccccc4c3c2)c1Nc1ccc2oc3ccccc3c2c1. The van der Waals surface area contributed by atoms with Gasteiger partial charge in [-0.1, -0.05) is 127 Å². The number of hydrogen-bond donors (Lipinski definition) is 1. The summed E-state index contributed by atoms with van der Waals surface area (Å²) in [5.74, 6) is 0. The van der Waals surface area contributed by atoms with Gasteiger partial charge in [0.15, 0.2) is 0 Å². The first-order valence-corrected chi connectivity index (χ1v) is 20.1. The summed E-state index contributed by atoms with van der Waals surface area (Å²) < 4.78 is 14.9. The van der Waals surface area contributed by atoms with E-state index >= 15 is 0 Å². The molecule has 278 valence electrons. The number of para-hydroxylation sites is 3. The molecule has 0 saturated heterocycles. The highest BCUT2D eigenvalue weighted by molar-refractivity contribution is 6.13. The normalized spacial score (nSPS) is 11.8. The van der Waals surface area contributed by atoms with E-state index in [-0.39, 0.29) is 0 Å². The van der Waals surface area contributed by atoms with Crippen LogP contribution in [0.1, 0.15) is 5.56 Å². The quantitative estimate of drug-likeness (QED) is 0.184. The summed E-state index contributed by atoms with van der Waals surface area (Å²) in [5, 5.41) is 10.8. The van der Waals surface area contributed by atoms with Crippen molar-refractivity contribution < 1.29 is 8.83 Å². The second-order valence-electron chi connectivity index (χ2n) is 15.4. The number of aromatic nitrogens is 1. The summed E-state index contributed by atoms with van der Waals surface area (Å²) in [5.41, 5.74) is 17.1. The van der Waals surface area contributed by atoms with Crippen LogP contribution < -0.4 is 5.32 Å². The molecule has 0 radical (unpaired) electrons. The molecule has 3 heterocycles. The van der Waals surface area contributed by atoms with E-state index in [0.717, 1.165) is 99.8 Å². The van der Waals surface area contributed by atoms with Crippen molar-refractivity contribution in [3.8, 4) is 39.1 Å². The molecule has 3 aromatic heterocycles. The number of nitrogens with one attached hydrogen (secondary N) is 1. The van der Waals surface area contributed by atoms with Crippen molar-refractivity contribution in [2.24, 2.45) is 0 Å². The third-order valence-electron chi connectivity index (χ3n) is 12.0. The molecule has 1 N–H and O–H groups in total. The average Bonchev–Trinajstić information content (AvgIpc) is 3.96. The van der Waals surface area contributed by atoms with Gasteiger partial charge in [0.05, 0.1) is 16.7 Å². The number of benzene rings is 9. The maximum absolute atomic E-state index is 6.25. The van der Waals surface area contributed by atoms with E-state index in [9.17, 15) is 0 Å². The molecule has 9 aromatic carbocycles. The van der Waals surface area contributed by atoms with Crippen LogP contribution in [0.2, 0.25) is 0 Å². The largest absolute Gasteiger partial charge is 0.456 e. The van der Waals surface area contributed by atoms with Crippen LogP contribution in [0, 0.1) is 6.92 Å². The zero-order chi connectivity index (χ0) is 39.0. The third-order valence-corrected chi connectivity index (χ3v) is 12.0. The molecule has 59 heavy (non-hydrogen) atoms. The Morgan fingerprint density at radius 1 is 0.390 bits per heavy atom. The summed E-state index contributed by atoms with van der Waals surface area (Å²) in [6.45, 7) is 2.19. The Hall–Kier alpha value is -7.82. The fraction of sp³-hybridized carbons (Fsp3) is 0.0182. The van der Waals surface area contributed by atoms with Crippen molar-refractivity contribution in [2.75, 3.05) is 5.32 Å². The molecule has 0 aliphatic carbocycles. The van der Waals surface area contributed by atoms with Crippen LogP contribution in [0.5, 0.6) is 0 Å². The van der Waals surface area contributed by atoms with Crippen LogP contribution in [0.3, 0.4) is 0 Å². The first-order valence-electron chi connectivity index (χ1n) is 20.1. The summed E-state index contributed by atoms with van der Waals surface area (Å²) in [6, 6.07) is 69.2. The van der Waals surface area contributed by atoms with E-state index in [1.807, 2.05) is 24.3 Å². The molecule has 0 atom stereocenters. The van der Waals surface area contributed by atoms with Crippen LogP contribution >= 0.6 is 0 Å². The predicted octanol–water partition coefficient (Wildman–Crippen LogP) is 15.6. The maximum atomic E-state index is 6.25. The van der Waals surface area contributed by atoms with Gasteiger partial charge in [0.2, 0.25) is 0 Å². The Kier molecular flexibility index (Phi) is 7.41. The molecule has 0 bridgehead atoms. The second kappa shape index (κ2) is 13.1. The molecular weight excluding hydrogens is 721 g/mol. The number of aryl methyl sites for hydroxylation is 1. The van der Waals surface area contributed by atoms with Gasteiger partial charge in [0, 0.05) is 54.8 Å². The van der Waals surface area contributed by atoms with Gasteiger partial charge in [-0.05, 0) is 101 Å². The number of anilines is 2. The average molecular weight is 757 g/mol. The molecule has 0 spiro atoms. The van der Waals surface area contributed by atoms with Gasteiger partial charge in [-0.15, -0.1) is 0 Å². The monoisotopic (exact) mass is 756 g/mol. The Morgan fingerprint density at radius 2 is 1.00 bits per heavy atom. The molecule has 0 unspecified atom stereocenters. The summed E-state index contributed by atoms with van der Waals surface area (Å²) in [4.78, 5) is 0. The van der Waals surface area contributed by atoms with Crippen LogP contribution in [0.25, 0.3) is 105 Å². The van der Waals surface area contributed by atoms with Crippen LogP contribution in [0.4, 0.5) is 11.4 Å². The van der Waals surface area contributed by atoms with Gasteiger partial charge in [-0.3, -0.25) is 0 Å². The van der Waals surface area contributed by atoms with E-state index in [1.165, 1.54) is 21.9 Å².